The molecular weight excluding hydrogens is 315 g/mol. The van der Waals surface area contributed by atoms with Gasteiger partial charge in [0.1, 0.15) is 5.75 Å². The van der Waals surface area contributed by atoms with Crippen LogP contribution in [0.25, 0.3) is 0 Å². The smallest absolute Gasteiger partial charge is 0.119 e. The van der Waals surface area contributed by atoms with E-state index >= 15 is 0 Å². The van der Waals surface area contributed by atoms with Gasteiger partial charge in [-0.3, -0.25) is 0 Å². The molecule has 4 heteroatoms. The van der Waals surface area contributed by atoms with Crippen molar-refractivity contribution in [2.24, 2.45) is 0 Å². The summed E-state index contributed by atoms with van der Waals surface area (Å²) in [5, 5.41) is 1.82. The van der Waals surface area contributed by atoms with Crippen LogP contribution in [0.4, 0.5) is 0 Å². The SMILES string of the molecule is Clc1cc(Cl)c(CCCCOc2cc[c]cc2)c(Cl)c1. The Balaban J connectivity index is 1.76. The number of rotatable bonds is 6. The summed E-state index contributed by atoms with van der Waals surface area (Å²) in [7, 11) is 0. The van der Waals surface area contributed by atoms with Crippen LogP contribution in [0, 0.1) is 6.07 Å². The first-order valence-corrected chi connectivity index (χ1v) is 7.52. The van der Waals surface area contributed by atoms with E-state index in [0.717, 1.165) is 30.6 Å². The maximum atomic E-state index is 6.14. The monoisotopic (exact) mass is 327 g/mol. The molecule has 2 aromatic rings. The third kappa shape index (κ3) is 4.59. The second-order valence-electron chi connectivity index (χ2n) is 4.39. The van der Waals surface area contributed by atoms with Gasteiger partial charge < -0.3 is 4.74 Å². The lowest BCUT2D eigenvalue weighted by Crippen LogP contribution is -1.98. The van der Waals surface area contributed by atoms with Crippen LogP contribution >= 0.6 is 34.8 Å². The van der Waals surface area contributed by atoms with E-state index in [9.17, 15) is 0 Å². The first-order valence-electron chi connectivity index (χ1n) is 6.39. The molecule has 1 nitrogen and oxygen atoms in total. The summed E-state index contributed by atoms with van der Waals surface area (Å²) in [6.45, 7) is 0.673. The molecule has 20 heavy (non-hydrogen) atoms. The van der Waals surface area contributed by atoms with E-state index in [-0.39, 0.29) is 0 Å². The molecule has 1 radical (unpaired) electrons. The predicted molar refractivity (Wildman–Crippen MR) is 85.2 cm³/mol. The molecule has 105 valence electrons. The van der Waals surface area contributed by atoms with Crippen LogP contribution < -0.4 is 4.74 Å². The molecule has 0 N–H and O–H groups in total. The minimum absolute atomic E-state index is 0.563. The second-order valence-corrected chi connectivity index (χ2v) is 5.64. The summed E-state index contributed by atoms with van der Waals surface area (Å²) in [4.78, 5) is 0. The van der Waals surface area contributed by atoms with Gasteiger partial charge in [-0.1, -0.05) is 46.9 Å². The highest BCUT2D eigenvalue weighted by atomic mass is 35.5. The minimum Gasteiger partial charge on any atom is -0.494 e. The van der Waals surface area contributed by atoms with E-state index in [2.05, 4.69) is 6.07 Å². The molecule has 0 fully saturated rings. The molecule has 0 unspecified atom stereocenters. The Kier molecular flexibility index (Phi) is 6.03. The Morgan fingerprint density at radius 2 is 1.60 bits per heavy atom. The van der Waals surface area contributed by atoms with E-state index in [1.165, 1.54) is 0 Å². The van der Waals surface area contributed by atoms with Crippen molar-refractivity contribution < 1.29 is 4.74 Å². The molecule has 0 heterocycles. The second kappa shape index (κ2) is 7.78. The molecule has 0 amide bonds. The minimum atomic E-state index is 0.563. The van der Waals surface area contributed by atoms with Gasteiger partial charge in [-0.2, -0.15) is 0 Å². The quantitative estimate of drug-likeness (QED) is 0.604. The molecule has 2 aromatic carbocycles. The lowest BCUT2D eigenvalue weighted by Gasteiger charge is -2.08. The van der Waals surface area contributed by atoms with Crippen LogP contribution in [-0.2, 0) is 6.42 Å². The lowest BCUT2D eigenvalue weighted by molar-refractivity contribution is 0.307. The number of hydrogen-bond donors (Lipinski definition) is 0. The van der Waals surface area contributed by atoms with Crippen molar-refractivity contribution in [3.05, 3.63) is 63.1 Å². The van der Waals surface area contributed by atoms with Crippen LogP contribution in [0.3, 0.4) is 0 Å². The third-order valence-corrected chi connectivity index (χ3v) is 3.78. The fraction of sp³-hybridized carbons (Fsp3) is 0.250. The van der Waals surface area contributed by atoms with Gasteiger partial charge in [0.15, 0.2) is 0 Å². The summed E-state index contributed by atoms with van der Waals surface area (Å²) >= 11 is 18.2. The molecule has 0 aliphatic carbocycles. The van der Waals surface area contributed by atoms with Crippen molar-refractivity contribution in [1.29, 1.82) is 0 Å². The van der Waals surface area contributed by atoms with Gasteiger partial charge in [0.2, 0.25) is 0 Å². The molecular formula is C16H14Cl3O. The standard InChI is InChI=1S/C16H14Cl3O/c17-12-10-15(18)14(16(19)11-12)8-4-5-9-20-13-6-2-1-3-7-13/h2-3,6-7,10-11H,4-5,8-9H2. The summed E-state index contributed by atoms with van der Waals surface area (Å²) in [6.07, 6.45) is 2.72. The summed E-state index contributed by atoms with van der Waals surface area (Å²) in [5.74, 6) is 0.867. The first kappa shape index (κ1) is 15.5. The van der Waals surface area contributed by atoms with Crippen LogP contribution in [-0.4, -0.2) is 6.61 Å². The summed E-state index contributed by atoms with van der Waals surface area (Å²) < 4.78 is 5.62. The first-order chi connectivity index (χ1) is 9.66. The number of benzene rings is 2. The Morgan fingerprint density at radius 1 is 0.950 bits per heavy atom. The zero-order valence-electron chi connectivity index (χ0n) is 10.8. The van der Waals surface area contributed by atoms with E-state index in [1.54, 1.807) is 12.1 Å². The zero-order valence-corrected chi connectivity index (χ0v) is 13.1. The van der Waals surface area contributed by atoms with Gasteiger partial charge in [0.05, 0.1) is 6.61 Å². The summed E-state index contributed by atoms with van der Waals surface area (Å²) in [5.41, 5.74) is 0.951. The van der Waals surface area contributed by atoms with E-state index < -0.39 is 0 Å². The van der Waals surface area contributed by atoms with E-state index in [1.807, 2.05) is 24.3 Å². The average Bonchev–Trinajstić information content (AvgIpc) is 2.42. The predicted octanol–water partition coefficient (Wildman–Crippen LogP) is 5.85. The van der Waals surface area contributed by atoms with Gasteiger partial charge in [0, 0.05) is 15.1 Å². The van der Waals surface area contributed by atoms with Crippen LogP contribution in [0.5, 0.6) is 5.75 Å². The largest absolute Gasteiger partial charge is 0.494 e. The maximum absolute atomic E-state index is 6.14. The maximum Gasteiger partial charge on any atom is 0.119 e. The topological polar surface area (TPSA) is 9.23 Å². The molecule has 2 rings (SSSR count). The molecule has 0 atom stereocenters. The molecule has 0 bridgehead atoms. The van der Waals surface area contributed by atoms with Crippen molar-refractivity contribution >= 4 is 34.8 Å². The van der Waals surface area contributed by atoms with Gasteiger partial charge >= 0.3 is 0 Å². The molecule has 0 spiro atoms. The van der Waals surface area contributed by atoms with Gasteiger partial charge in [-0.25, -0.2) is 0 Å². The van der Waals surface area contributed by atoms with Gasteiger partial charge in [0.25, 0.3) is 0 Å². The van der Waals surface area contributed by atoms with Crippen molar-refractivity contribution in [1.82, 2.24) is 0 Å². The number of ether oxygens (including phenoxy) is 1. The molecule has 0 saturated heterocycles. The van der Waals surface area contributed by atoms with Crippen molar-refractivity contribution in [2.75, 3.05) is 6.61 Å². The highest BCUT2D eigenvalue weighted by Gasteiger charge is 2.07. The summed E-state index contributed by atoms with van der Waals surface area (Å²) in [6, 6.07) is 13.9. The van der Waals surface area contributed by atoms with Crippen molar-refractivity contribution in [3.8, 4) is 5.75 Å². The number of unbranched alkanes of at least 4 members (excludes halogenated alkanes) is 1. The number of halogens is 3. The molecule has 0 aliphatic heterocycles. The van der Waals surface area contributed by atoms with Gasteiger partial charge in [-0.05, 0) is 55.2 Å². The molecule has 0 aliphatic rings. The Labute approximate surface area is 134 Å². The Hall–Kier alpha value is -0.890. The van der Waals surface area contributed by atoms with Crippen molar-refractivity contribution in [2.45, 2.75) is 19.3 Å². The third-order valence-electron chi connectivity index (χ3n) is 2.88. The van der Waals surface area contributed by atoms with E-state index in [0.29, 0.717) is 21.7 Å². The normalized spacial score (nSPS) is 10.6. The zero-order chi connectivity index (χ0) is 14.4. The lowest BCUT2D eigenvalue weighted by atomic mass is 10.1. The fourth-order valence-electron chi connectivity index (χ4n) is 1.87. The van der Waals surface area contributed by atoms with Crippen LogP contribution in [0.2, 0.25) is 15.1 Å². The highest BCUT2D eigenvalue weighted by Crippen LogP contribution is 2.30. The molecule has 0 saturated carbocycles. The van der Waals surface area contributed by atoms with E-state index in [4.69, 9.17) is 39.5 Å². The molecule has 0 aromatic heterocycles. The fourth-order valence-corrected chi connectivity index (χ4v) is 2.88. The number of hydrogen-bond acceptors (Lipinski definition) is 1. The Bertz CT molecular complexity index is 532. The Morgan fingerprint density at radius 3 is 2.25 bits per heavy atom. The van der Waals surface area contributed by atoms with Crippen LogP contribution in [0.1, 0.15) is 18.4 Å². The van der Waals surface area contributed by atoms with Crippen molar-refractivity contribution in [3.63, 3.8) is 0 Å². The van der Waals surface area contributed by atoms with Crippen LogP contribution in [0.15, 0.2) is 36.4 Å². The average molecular weight is 329 g/mol. The van der Waals surface area contributed by atoms with Gasteiger partial charge in [-0.15, -0.1) is 0 Å². The highest BCUT2D eigenvalue weighted by molar-refractivity contribution is 6.39.